The summed E-state index contributed by atoms with van der Waals surface area (Å²) in [6.45, 7) is 8.00. The molecule has 0 aliphatic rings. The molecule has 3 nitrogen and oxygen atoms in total. The maximum Gasteiger partial charge on any atom is 0.0767 e. The lowest BCUT2D eigenvalue weighted by molar-refractivity contribution is 0.0321. The average Bonchev–Trinajstić information content (AvgIpc) is 2.50. The molecule has 0 saturated carbocycles. The van der Waals surface area contributed by atoms with Gasteiger partial charge in [0, 0.05) is 18.2 Å². The first-order chi connectivity index (χ1) is 9.81. The molecule has 0 bridgehead atoms. The molecule has 2 aromatic rings. The maximum absolute atomic E-state index is 5.92. The van der Waals surface area contributed by atoms with Crippen molar-refractivity contribution in [2.75, 3.05) is 13.2 Å². The normalized spacial score (nSPS) is 14.3. The molecule has 108 valence electrons. The molecular weight excluding hydrogens is 248 g/mol. The molecule has 0 fully saturated rings. The fraction of sp³-hybridized carbons (Fsp3) is 0.471. The summed E-state index contributed by atoms with van der Waals surface area (Å²) in [4.78, 5) is 4.57. The molecule has 1 aromatic heterocycles. The number of aromatic nitrogens is 1. The Morgan fingerprint density at radius 3 is 2.65 bits per heavy atom. The lowest BCUT2D eigenvalue weighted by Crippen LogP contribution is -2.33. The van der Waals surface area contributed by atoms with Crippen LogP contribution in [0.4, 0.5) is 0 Å². The summed E-state index contributed by atoms with van der Waals surface area (Å²) in [5.74, 6) is 0. The van der Waals surface area contributed by atoms with Gasteiger partial charge in [0.1, 0.15) is 0 Å². The van der Waals surface area contributed by atoms with Crippen LogP contribution in [0.1, 0.15) is 38.8 Å². The molecule has 0 amide bonds. The third kappa shape index (κ3) is 3.17. The second-order valence-corrected chi connectivity index (χ2v) is 4.86. The molecule has 20 heavy (non-hydrogen) atoms. The smallest absolute Gasteiger partial charge is 0.0767 e. The number of hydrogen-bond donors (Lipinski definition) is 1. The van der Waals surface area contributed by atoms with Gasteiger partial charge in [0.15, 0.2) is 0 Å². The third-order valence-corrected chi connectivity index (χ3v) is 3.58. The van der Waals surface area contributed by atoms with E-state index in [9.17, 15) is 0 Å². The highest BCUT2D eigenvalue weighted by Gasteiger charge is 2.23. The maximum atomic E-state index is 5.92. The topological polar surface area (TPSA) is 34.2 Å². The molecule has 0 radical (unpaired) electrons. The molecule has 2 unspecified atom stereocenters. The predicted octanol–water partition coefficient (Wildman–Crippen LogP) is 3.70. The first-order valence-corrected chi connectivity index (χ1v) is 7.50. The van der Waals surface area contributed by atoms with Crippen LogP contribution in [0, 0.1) is 0 Å². The van der Waals surface area contributed by atoms with Gasteiger partial charge >= 0.3 is 0 Å². The fourth-order valence-corrected chi connectivity index (χ4v) is 2.70. The quantitative estimate of drug-likeness (QED) is 0.834. The van der Waals surface area contributed by atoms with Gasteiger partial charge < -0.3 is 10.1 Å². The van der Waals surface area contributed by atoms with E-state index in [-0.39, 0.29) is 12.1 Å². The zero-order valence-electron chi connectivity index (χ0n) is 12.6. The Morgan fingerprint density at radius 2 is 1.95 bits per heavy atom. The summed E-state index contributed by atoms with van der Waals surface area (Å²) in [5, 5.41) is 4.74. The molecule has 1 heterocycles. The first-order valence-electron chi connectivity index (χ1n) is 7.50. The van der Waals surface area contributed by atoms with Gasteiger partial charge in [-0.15, -0.1) is 0 Å². The SMILES string of the molecule is CCNC(c1cccc2cccnc12)C(CC)OCC. The van der Waals surface area contributed by atoms with Crippen LogP contribution in [0.2, 0.25) is 0 Å². The Bertz CT molecular complexity index is 536. The highest BCUT2D eigenvalue weighted by molar-refractivity contribution is 5.82. The van der Waals surface area contributed by atoms with Crippen LogP contribution in [0.15, 0.2) is 36.5 Å². The Kier molecular flexibility index (Phi) is 5.50. The van der Waals surface area contributed by atoms with Crippen molar-refractivity contribution in [3.8, 4) is 0 Å². The summed E-state index contributed by atoms with van der Waals surface area (Å²) in [7, 11) is 0. The number of likely N-dealkylation sites (N-methyl/N-ethyl adjacent to an activating group) is 1. The van der Waals surface area contributed by atoms with E-state index in [0.29, 0.717) is 0 Å². The van der Waals surface area contributed by atoms with Gasteiger partial charge in [-0.05, 0) is 31.5 Å². The molecule has 0 aliphatic carbocycles. The van der Waals surface area contributed by atoms with Crippen molar-refractivity contribution < 1.29 is 4.74 Å². The van der Waals surface area contributed by atoms with Crippen molar-refractivity contribution >= 4 is 10.9 Å². The van der Waals surface area contributed by atoms with Gasteiger partial charge in [-0.25, -0.2) is 0 Å². The molecule has 2 atom stereocenters. The predicted molar refractivity (Wildman–Crippen MR) is 83.9 cm³/mol. The van der Waals surface area contributed by atoms with Crippen molar-refractivity contribution in [1.29, 1.82) is 0 Å². The number of nitrogens with one attached hydrogen (secondary N) is 1. The summed E-state index contributed by atoms with van der Waals surface area (Å²) in [6.07, 6.45) is 3.01. The van der Waals surface area contributed by atoms with Gasteiger partial charge in [-0.3, -0.25) is 4.98 Å². The summed E-state index contributed by atoms with van der Waals surface area (Å²) >= 11 is 0. The van der Waals surface area contributed by atoms with Crippen molar-refractivity contribution in [2.24, 2.45) is 0 Å². The Labute approximate surface area is 121 Å². The second kappa shape index (κ2) is 7.36. The van der Waals surface area contributed by atoms with Crippen molar-refractivity contribution in [3.05, 3.63) is 42.1 Å². The van der Waals surface area contributed by atoms with Gasteiger partial charge in [-0.1, -0.05) is 38.1 Å². The molecule has 1 aromatic carbocycles. The lowest BCUT2D eigenvalue weighted by Gasteiger charge is -2.28. The third-order valence-electron chi connectivity index (χ3n) is 3.58. The number of nitrogens with zero attached hydrogens (tertiary/aromatic N) is 1. The van der Waals surface area contributed by atoms with E-state index in [2.05, 4.69) is 48.4 Å². The van der Waals surface area contributed by atoms with Crippen LogP contribution in [0.3, 0.4) is 0 Å². The van der Waals surface area contributed by atoms with E-state index >= 15 is 0 Å². The molecule has 3 heteroatoms. The van der Waals surface area contributed by atoms with Gasteiger partial charge in [-0.2, -0.15) is 0 Å². The van der Waals surface area contributed by atoms with E-state index in [1.165, 1.54) is 10.9 Å². The number of pyridine rings is 1. The van der Waals surface area contributed by atoms with Gasteiger partial charge in [0.2, 0.25) is 0 Å². The lowest BCUT2D eigenvalue weighted by atomic mass is 9.96. The molecule has 2 rings (SSSR count). The van der Waals surface area contributed by atoms with E-state index in [1.807, 2.05) is 19.2 Å². The van der Waals surface area contributed by atoms with Gasteiger partial charge in [0.05, 0.1) is 17.7 Å². The number of rotatable bonds is 7. The first kappa shape index (κ1) is 14.9. The zero-order valence-corrected chi connectivity index (χ0v) is 12.6. The summed E-state index contributed by atoms with van der Waals surface area (Å²) < 4.78 is 5.92. The molecular formula is C17H24N2O. The minimum atomic E-state index is 0.174. The minimum Gasteiger partial charge on any atom is -0.377 e. The number of para-hydroxylation sites is 1. The largest absolute Gasteiger partial charge is 0.377 e. The monoisotopic (exact) mass is 272 g/mol. The van der Waals surface area contributed by atoms with Crippen LogP contribution >= 0.6 is 0 Å². The highest BCUT2D eigenvalue weighted by Crippen LogP contribution is 2.27. The van der Waals surface area contributed by atoms with Crippen LogP contribution in [-0.2, 0) is 4.74 Å². The summed E-state index contributed by atoms with van der Waals surface area (Å²) in [6, 6.07) is 10.6. The Morgan fingerprint density at radius 1 is 1.15 bits per heavy atom. The van der Waals surface area contributed by atoms with Crippen LogP contribution < -0.4 is 5.32 Å². The molecule has 0 saturated heterocycles. The number of ether oxygens (including phenoxy) is 1. The van der Waals surface area contributed by atoms with Crippen LogP contribution in [0.25, 0.3) is 10.9 Å². The van der Waals surface area contributed by atoms with Crippen LogP contribution in [-0.4, -0.2) is 24.2 Å². The highest BCUT2D eigenvalue weighted by atomic mass is 16.5. The Balaban J connectivity index is 2.45. The summed E-state index contributed by atoms with van der Waals surface area (Å²) in [5.41, 5.74) is 2.30. The standard InChI is InChI=1S/C17H24N2O/c1-4-15(20-6-3)17(18-5-2)14-11-7-9-13-10-8-12-19-16(13)14/h7-12,15,17-18H,4-6H2,1-3H3. The molecule has 0 aliphatic heterocycles. The van der Waals surface area contributed by atoms with Gasteiger partial charge in [0.25, 0.3) is 0 Å². The fourth-order valence-electron chi connectivity index (χ4n) is 2.70. The number of hydrogen-bond acceptors (Lipinski definition) is 3. The van der Waals surface area contributed by atoms with Crippen molar-refractivity contribution in [2.45, 2.75) is 39.3 Å². The van der Waals surface area contributed by atoms with Crippen molar-refractivity contribution in [3.63, 3.8) is 0 Å². The van der Waals surface area contributed by atoms with Crippen molar-refractivity contribution in [1.82, 2.24) is 10.3 Å². The molecule has 0 spiro atoms. The van der Waals surface area contributed by atoms with E-state index in [1.54, 1.807) is 0 Å². The Hall–Kier alpha value is -1.45. The number of fused-ring (bicyclic) bond motifs is 1. The second-order valence-electron chi connectivity index (χ2n) is 4.86. The molecule has 1 N–H and O–H groups in total. The number of benzene rings is 1. The zero-order chi connectivity index (χ0) is 14.4. The van der Waals surface area contributed by atoms with E-state index in [4.69, 9.17) is 4.74 Å². The average molecular weight is 272 g/mol. The van der Waals surface area contributed by atoms with Crippen LogP contribution in [0.5, 0.6) is 0 Å². The van der Waals surface area contributed by atoms with E-state index in [0.717, 1.165) is 25.1 Å². The minimum absolute atomic E-state index is 0.174. The van der Waals surface area contributed by atoms with E-state index < -0.39 is 0 Å².